The summed E-state index contributed by atoms with van der Waals surface area (Å²) in [7, 11) is 0. The Kier molecular flexibility index (Phi) is 26.2. The molecule has 732 valence electrons. The topological polar surface area (TPSA) is 370 Å². The van der Waals surface area contributed by atoms with Gasteiger partial charge in [0.15, 0.2) is 0 Å². The van der Waals surface area contributed by atoms with Gasteiger partial charge in [-0.3, -0.25) is 24.0 Å². The van der Waals surface area contributed by atoms with Crippen molar-refractivity contribution < 1.29 is 67.9 Å². The van der Waals surface area contributed by atoms with E-state index >= 15 is 0 Å². The smallest absolute Gasteiger partial charge is 0.261 e. The van der Waals surface area contributed by atoms with Crippen LogP contribution in [0.2, 0.25) is 0 Å². The molecule has 0 aromatic carbocycles. The molecular formula is C97H119F10N25O5. The lowest BCUT2D eigenvalue weighted by Crippen LogP contribution is -2.49. The minimum absolute atomic E-state index is 0.0110. The zero-order valence-corrected chi connectivity index (χ0v) is 78.8. The molecule has 10 fully saturated rings. The molecule has 5 saturated carbocycles. The van der Waals surface area contributed by atoms with Gasteiger partial charge in [-0.05, 0) is 164 Å². The summed E-state index contributed by atoms with van der Waals surface area (Å²) in [6, 6.07) is 0.643. The number of alkyl halides is 10. The maximum atomic E-state index is 14.3. The van der Waals surface area contributed by atoms with Gasteiger partial charge in [0.1, 0.15) is 89.0 Å². The number of carbonyl (C=O) groups is 5. The molecular weight excluding hydrogens is 1790 g/mol. The molecule has 2 unspecified atom stereocenters. The SMILES string of the molecule is C=CC(=O)N1C[C@H](Nc2ncnc3[nH]cc(C4(C)CC4(F)F)c23)CC[C@@H]1C.C=CC(=O)N1C[C@H](Nc2ncnc3[nH]cc(C4[C@H](C)C4(F)F)c23)CC[C@@H]1C.C=CC(=O)N1C[C@H](Nc2ncnc3[nH]cc([C@@H]4C(C)(C)C4(F)F)c23)CC[C@@H]1C.C=CC(=O)N1C[C@H](Nc2ncnc3[nH]cc([C@@H]4[C@@H](C)C4(F)F)c23)CC[C@@H]1C.C=CC(=O)N1C[C@H](Nc2ncnc3[nH]cc([C@H]4C(C)(C)C4(F)F)c23)CC[C@@H]1C. The van der Waals surface area contributed by atoms with Crippen molar-refractivity contribution in [2.45, 2.75) is 273 Å². The van der Waals surface area contributed by atoms with Crippen molar-refractivity contribution in [3.05, 3.63) is 154 Å². The van der Waals surface area contributed by atoms with Crippen molar-refractivity contribution in [1.82, 2.24) is 99.3 Å². The predicted octanol–water partition coefficient (Wildman–Crippen LogP) is 17.2. The Morgan fingerprint density at radius 3 is 0.752 bits per heavy atom. The van der Waals surface area contributed by atoms with Crippen LogP contribution in [0, 0.1) is 22.7 Å². The molecule has 5 saturated heterocycles. The molecule has 10 aromatic heterocycles. The number of piperidine rings is 5. The largest absolute Gasteiger partial charge is 0.365 e. The Labute approximate surface area is 785 Å². The summed E-state index contributed by atoms with van der Waals surface area (Å²) >= 11 is 0. The van der Waals surface area contributed by atoms with E-state index in [-0.39, 0.29) is 96.4 Å². The molecule has 137 heavy (non-hydrogen) atoms. The average molecular weight is 1910 g/mol. The first kappa shape index (κ1) is 97.5. The first-order valence-corrected chi connectivity index (χ1v) is 46.8. The van der Waals surface area contributed by atoms with Crippen molar-refractivity contribution in [2.75, 3.05) is 59.3 Å². The van der Waals surface area contributed by atoms with Crippen molar-refractivity contribution in [1.29, 1.82) is 0 Å². The molecule has 5 aliphatic carbocycles. The highest BCUT2D eigenvalue weighted by molar-refractivity contribution is 5.97. The standard InChI is InChI=1S/2C20H25F2N5O.3C19H23F2N5O/c2*1-5-14(28)27-9-12(7-6-11(27)2)26-18-15-13(8-23-17(15)24-10-25-18)16-19(3,4)20(16,21)22;1-4-14(27)26-8-12(6-5-11(26)2)25-17-15-13(18(3)9-19(18,20)21)7-22-16(15)23-10-24-17;2*1-4-14(27)26-8-12(6-5-10(26)2)25-18-15-13(16-11(3)19(16,20)21)7-22-17(15)23-9-24-18/h2*5,8,10-12,16H,1,6-7,9H2,2-4H3,(H2,23,24,25,26);4,7,10-12H,1,5-6,8-9H2,2-3H3,(H2,22,23,24,25);2*4,7,9-12,16H,1,5-6,8H2,2-3H3,(H2,22,23,24,25)/t11-,12+,16+;11-,12+,16-;11-,12+,18?;10-,11+,12+,16-;10-,11-,12+,16?/m00000/s1. The minimum Gasteiger partial charge on any atom is -0.365 e. The number of aromatic amines is 5. The van der Waals surface area contributed by atoms with Crippen LogP contribution in [0.5, 0.6) is 0 Å². The minimum atomic E-state index is -2.76. The predicted molar refractivity (Wildman–Crippen MR) is 503 cm³/mol. The fourth-order valence-corrected chi connectivity index (χ4v) is 21.1. The highest BCUT2D eigenvalue weighted by Gasteiger charge is 2.77. The number of anilines is 5. The van der Waals surface area contributed by atoms with Crippen LogP contribution in [0.4, 0.5) is 73.0 Å². The molecule has 20 rings (SSSR count). The third-order valence-corrected chi connectivity index (χ3v) is 30.6. The second-order valence-corrected chi connectivity index (χ2v) is 39.9. The number of likely N-dealkylation sites (tertiary alicyclic amines) is 5. The Balaban J connectivity index is 0.000000124. The molecule has 10 N–H and O–H groups in total. The number of hydrogen-bond acceptors (Lipinski definition) is 20. The molecule has 0 radical (unpaired) electrons. The van der Waals surface area contributed by atoms with Crippen molar-refractivity contribution >= 4 is 114 Å². The Hall–Kier alpha value is -12.6. The fourth-order valence-electron chi connectivity index (χ4n) is 21.1. The van der Waals surface area contributed by atoms with E-state index in [2.05, 4.69) is 134 Å². The Morgan fingerprint density at radius 1 is 0.336 bits per heavy atom. The van der Waals surface area contributed by atoms with Crippen LogP contribution in [0.1, 0.15) is 205 Å². The first-order valence-electron chi connectivity index (χ1n) is 46.8. The number of H-pyrrole nitrogens is 5. The summed E-state index contributed by atoms with van der Waals surface area (Å²) in [4.78, 5) is 127. The van der Waals surface area contributed by atoms with Gasteiger partial charge in [0.25, 0.3) is 29.6 Å². The van der Waals surface area contributed by atoms with Gasteiger partial charge in [0.2, 0.25) is 29.5 Å². The second-order valence-electron chi connectivity index (χ2n) is 39.9. The first-order chi connectivity index (χ1) is 64.8. The number of nitrogens with one attached hydrogen (secondary N) is 10. The van der Waals surface area contributed by atoms with E-state index in [1.165, 1.54) is 62.0 Å². The van der Waals surface area contributed by atoms with Crippen LogP contribution in [0.15, 0.2) is 126 Å². The van der Waals surface area contributed by atoms with Gasteiger partial charge in [-0.25, -0.2) is 93.7 Å². The van der Waals surface area contributed by atoms with Gasteiger partial charge in [-0.15, -0.1) is 0 Å². The maximum Gasteiger partial charge on any atom is 0.261 e. The number of nitrogens with zero attached hydrogens (tertiary/aromatic N) is 15. The van der Waals surface area contributed by atoms with E-state index in [0.717, 1.165) is 64.2 Å². The number of fused-ring (bicyclic) bond motifs is 5. The second kappa shape index (κ2) is 36.7. The fraction of sp³-hybridized carbons (Fsp3) is 0.536. The monoisotopic (exact) mass is 1900 g/mol. The van der Waals surface area contributed by atoms with Gasteiger partial charge in [0, 0.05) is 153 Å². The molecule has 5 amide bonds. The summed E-state index contributed by atoms with van der Waals surface area (Å²) in [6.07, 6.45) is 30.1. The molecule has 17 atom stereocenters. The quantitative estimate of drug-likeness (QED) is 0.0250. The molecule has 30 nitrogen and oxygen atoms in total. The number of hydrogen-bond donors (Lipinski definition) is 10. The van der Waals surface area contributed by atoms with E-state index in [1.807, 2.05) is 34.6 Å². The van der Waals surface area contributed by atoms with E-state index in [4.69, 9.17) is 0 Å². The third-order valence-electron chi connectivity index (χ3n) is 30.6. The highest BCUT2D eigenvalue weighted by atomic mass is 19.3. The summed E-state index contributed by atoms with van der Waals surface area (Å²) < 4.78 is 141. The average Bonchev–Trinajstić information content (AvgIpc) is 1.51. The van der Waals surface area contributed by atoms with Gasteiger partial charge in [-0.1, -0.05) is 74.4 Å². The zero-order chi connectivity index (χ0) is 98.6. The van der Waals surface area contributed by atoms with Crippen LogP contribution in [-0.2, 0) is 29.4 Å². The summed E-state index contributed by atoms with van der Waals surface area (Å²) in [5.41, 5.74) is 2.02. The molecule has 5 aliphatic heterocycles. The lowest BCUT2D eigenvalue weighted by molar-refractivity contribution is -0.130. The molecule has 0 spiro atoms. The molecule has 0 bridgehead atoms. The summed E-state index contributed by atoms with van der Waals surface area (Å²) in [5, 5.41) is 19.9. The lowest BCUT2D eigenvalue weighted by atomic mass is 9.96. The van der Waals surface area contributed by atoms with E-state index in [1.54, 1.807) is 104 Å². The number of aromatic nitrogens is 15. The normalized spacial score (nSPS) is 29.0. The van der Waals surface area contributed by atoms with Gasteiger partial charge in [0.05, 0.1) is 56.0 Å². The van der Waals surface area contributed by atoms with E-state index in [9.17, 15) is 67.9 Å². The van der Waals surface area contributed by atoms with Gasteiger partial charge in [-0.2, -0.15) is 0 Å². The van der Waals surface area contributed by atoms with Crippen molar-refractivity contribution in [3.8, 4) is 0 Å². The molecule has 15 heterocycles. The third kappa shape index (κ3) is 18.0. The zero-order valence-electron chi connectivity index (χ0n) is 78.8. The summed E-state index contributed by atoms with van der Waals surface area (Å²) in [6.45, 7) is 41.5. The van der Waals surface area contributed by atoms with Gasteiger partial charge >= 0.3 is 0 Å². The summed E-state index contributed by atoms with van der Waals surface area (Å²) in [5.74, 6) is -16.2. The van der Waals surface area contributed by atoms with Crippen LogP contribution in [0.25, 0.3) is 55.2 Å². The number of halogens is 10. The molecule has 10 aromatic rings. The van der Waals surface area contributed by atoms with Crippen LogP contribution in [0.3, 0.4) is 0 Å². The lowest BCUT2D eigenvalue weighted by Gasteiger charge is -2.38. The number of rotatable bonds is 20. The van der Waals surface area contributed by atoms with Crippen LogP contribution in [-0.4, -0.2) is 252 Å². The molecule has 10 aliphatic rings. The van der Waals surface area contributed by atoms with Gasteiger partial charge < -0.3 is 76.0 Å². The Morgan fingerprint density at radius 2 is 0.540 bits per heavy atom. The van der Waals surface area contributed by atoms with Crippen LogP contribution >= 0.6 is 0 Å². The van der Waals surface area contributed by atoms with E-state index < -0.39 is 81.4 Å². The maximum absolute atomic E-state index is 14.3. The highest BCUT2D eigenvalue weighted by Crippen LogP contribution is 2.73. The van der Waals surface area contributed by atoms with Crippen molar-refractivity contribution in [2.24, 2.45) is 22.7 Å². The van der Waals surface area contributed by atoms with E-state index in [0.29, 0.717) is 145 Å². The van der Waals surface area contributed by atoms with Crippen LogP contribution < -0.4 is 26.6 Å². The molecule has 40 heteroatoms. The number of amides is 5. The Bertz CT molecular complexity index is 5980. The number of carbonyl (C=O) groups excluding carboxylic acids is 5. The van der Waals surface area contributed by atoms with Crippen molar-refractivity contribution in [3.63, 3.8) is 0 Å².